The Morgan fingerprint density at radius 1 is 1.26 bits per heavy atom. The molecular formula is C13H25N3O3. The maximum absolute atomic E-state index is 11.5. The van der Waals surface area contributed by atoms with Crippen molar-refractivity contribution in [2.45, 2.75) is 57.1 Å². The van der Waals surface area contributed by atoms with Crippen molar-refractivity contribution in [2.24, 2.45) is 11.5 Å². The summed E-state index contributed by atoms with van der Waals surface area (Å²) in [6, 6.07) is -0.850. The van der Waals surface area contributed by atoms with E-state index in [1.807, 2.05) is 0 Å². The van der Waals surface area contributed by atoms with E-state index in [2.05, 4.69) is 5.32 Å². The Kier molecular flexibility index (Phi) is 7.43. The molecule has 2 amide bonds. The molecule has 0 bridgehead atoms. The van der Waals surface area contributed by atoms with Crippen molar-refractivity contribution < 1.29 is 14.3 Å². The van der Waals surface area contributed by atoms with E-state index in [0.29, 0.717) is 19.3 Å². The quantitative estimate of drug-likeness (QED) is 0.542. The number of primary amides is 1. The highest BCUT2D eigenvalue weighted by Gasteiger charge is 2.15. The maximum Gasteiger partial charge on any atom is 0.237 e. The molecular weight excluding hydrogens is 246 g/mol. The molecule has 1 atom stereocenters. The molecule has 1 fully saturated rings. The van der Waals surface area contributed by atoms with Crippen LogP contribution in [0.2, 0.25) is 0 Å². The van der Waals surface area contributed by atoms with Crippen LogP contribution in [0.25, 0.3) is 0 Å². The van der Waals surface area contributed by atoms with Crippen LogP contribution >= 0.6 is 0 Å². The molecule has 1 unspecified atom stereocenters. The smallest absolute Gasteiger partial charge is 0.237 e. The third-order valence-corrected chi connectivity index (χ3v) is 3.28. The molecule has 1 aliphatic rings. The van der Waals surface area contributed by atoms with Gasteiger partial charge < -0.3 is 21.5 Å². The summed E-state index contributed by atoms with van der Waals surface area (Å²) in [5.74, 6) is -0.903. The summed E-state index contributed by atoms with van der Waals surface area (Å²) in [7, 11) is 0. The molecule has 0 aromatic heterocycles. The zero-order chi connectivity index (χ0) is 14.1. The van der Waals surface area contributed by atoms with Gasteiger partial charge in [0, 0.05) is 13.2 Å². The van der Waals surface area contributed by atoms with E-state index in [4.69, 9.17) is 16.2 Å². The molecule has 1 saturated carbocycles. The van der Waals surface area contributed by atoms with Crippen LogP contribution in [-0.4, -0.2) is 37.1 Å². The molecule has 0 aromatic rings. The van der Waals surface area contributed by atoms with Crippen LogP contribution < -0.4 is 16.8 Å². The van der Waals surface area contributed by atoms with Gasteiger partial charge in [0.1, 0.15) is 0 Å². The van der Waals surface area contributed by atoms with Crippen LogP contribution in [0.4, 0.5) is 0 Å². The summed E-state index contributed by atoms with van der Waals surface area (Å²) in [4.78, 5) is 22.1. The van der Waals surface area contributed by atoms with Gasteiger partial charge >= 0.3 is 0 Å². The summed E-state index contributed by atoms with van der Waals surface area (Å²) < 4.78 is 5.73. The van der Waals surface area contributed by atoms with Crippen LogP contribution in [0, 0.1) is 0 Å². The standard InChI is InChI=1S/C13H25N3O3/c14-11(9-12(15)17)13(18)16-7-4-8-19-10-5-2-1-3-6-10/h10-11H,1-9,14H2,(H2,15,17)(H,16,18). The number of carbonyl (C=O) groups is 2. The molecule has 6 heteroatoms. The van der Waals surface area contributed by atoms with Crippen molar-refractivity contribution in [1.82, 2.24) is 5.32 Å². The normalized spacial score (nSPS) is 17.9. The van der Waals surface area contributed by atoms with Gasteiger partial charge in [-0.1, -0.05) is 19.3 Å². The van der Waals surface area contributed by atoms with Gasteiger partial charge in [0.2, 0.25) is 11.8 Å². The second-order valence-electron chi connectivity index (χ2n) is 5.05. The van der Waals surface area contributed by atoms with Gasteiger partial charge in [-0.3, -0.25) is 9.59 Å². The highest BCUT2D eigenvalue weighted by molar-refractivity contribution is 5.87. The minimum absolute atomic E-state index is 0.121. The molecule has 19 heavy (non-hydrogen) atoms. The summed E-state index contributed by atoms with van der Waals surface area (Å²) in [6.45, 7) is 1.16. The molecule has 1 aliphatic carbocycles. The van der Waals surface area contributed by atoms with E-state index in [9.17, 15) is 9.59 Å². The molecule has 5 N–H and O–H groups in total. The number of amides is 2. The Morgan fingerprint density at radius 3 is 2.58 bits per heavy atom. The first-order valence-corrected chi connectivity index (χ1v) is 7.03. The Hall–Kier alpha value is -1.14. The van der Waals surface area contributed by atoms with Crippen molar-refractivity contribution in [3.8, 4) is 0 Å². The molecule has 0 radical (unpaired) electrons. The van der Waals surface area contributed by atoms with E-state index >= 15 is 0 Å². The average molecular weight is 271 g/mol. The SMILES string of the molecule is NC(=O)CC(N)C(=O)NCCCOC1CCCCC1. The lowest BCUT2D eigenvalue weighted by atomic mass is 9.98. The molecule has 0 saturated heterocycles. The Labute approximate surface area is 114 Å². The minimum Gasteiger partial charge on any atom is -0.378 e. The monoisotopic (exact) mass is 271 g/mol. The average Bonchev–Trinajstić information content (AvgIpc) is 2.38. The number of nitrogens with one attached hydrogen (secondary N) is 1. The van der Waals surface area contributed by atoms with Crippen molar-refractivity contribution >= 4 is 11.8 Å². The summed E-state index contributed by atoms with van der Waals surface area (Å²) in [5.41, 5.74) is 10.5. The molecule has 0 aromatic carbocycles. The van der Waals surface area contributed by atoms with E-state index in [1.54, 1.807) is 0 Å². The summed E-state index contributed by atoms with van der Waals surface area (Å²) in [5, 5.41) is 2.67. The maximum atomic E-state index is 11.5. The van der Waals surface area contributed by atoms with Gasteiger partial charge in [-0.15, -0.1) is 0 Å². The lowest BCUT2D eigenvalue weighted by Gasteiger charge is -2.22. The van der Waals surface area contributed by atoms with Crippen LogP contribution in [0.1, 0.15) is 44.9 Å². The number of ether oxygens (including phenoxy) is 1. The first-order valence-electron chi connectivity index (χ1n) is 7.03. The van der Waals surface area contributed by atoms with Crippen molar-refractivity contribution in [3.63, 3.8) is 0 Å². The molecule has 1 rings (SSSR count). The predicted molar refractivity (Wildman–Crippen MR) is 72.2 cm³/mol. The van der Waals surface area contributed by atoms with Gasteiger partial charge in [-0.05, 0) is 19.3 Å². The van der Waals surface area contributed by atoms with E-state index in [-0.39, 0.29) is 12.3 Å². The fraction of sp³-hybridized carbons (Fsp3) is 0.846. The third-order valence-electron chi connectivity index (χ3n) is 3.28. The van der Waals surface area contributed by atoms with Crippen LogP contribution in [0.5, 0.6) is 0 Å². The molecule has 110 valence electrons. The van der Waals surface area contributed by atoms with Gasteiger partial charge in [-0.25, -0.2) is 0 Å². The second-order valence-corrected chi connectivity index (χ2v) is 5.05. The van der Waals surface area contributed by atoms with E-state index in [1.165, 1.54) is 19.3 Å². The predicted octanol–water partition coefficient (Wildman–Crippen LogP) is 0.0447. The summed E-state index contributed by atoms with van der Waals surface area (Å²) in [6.07, 6.45) is 7.14. The number of hydrogen-bond acceptors (Lipinski definition) is 4. The number of carbonyl (C=O) groups excluding carboxylic acids is 2. The third kappa shape index (κ3) is 7.12. The minimum atomic E-state index is -0.850. The van der Waals surface area contributed by atoms with Crippen LogP contribution in [0.15, 0.2) is 0 Å². The molecule has 0 heterocycles. The van der Waals surface area contributed by atoms with Gasteiger partial charge in [-0.2, -0.15) is 0 Å². The molecule has 0 aliphatic heterocycles. The molecule has 0 spiro atoms. The largest absolute Gasteiger partial charge is 0.378 e. The highest BCUT2D eigenvalue weighted by Crippen LogP contribution is 2.20. The first kappa shape index (κ1) is 15.9. The summed E-state index contributed by atoms with van der Waals surface area (Å²) >= 11 is 0. The fourth-order valence-corrected chi connectivity index (χ4v) is 2.21. The Balaban J connectivity index is 2.00. The zero-order valence-electron chi connectivity index (χ0n) is 11.4. The van der Waals surface area contributed by atoms with Crippen molar-refractivity contribution in [2.75, 3.05) is 13.2 Å². The number of rotatable bonds is 8. The number of nitrogens with two attached hydrogens (primary N) is 2. The number of hydrogen-bond donors (Lipinski definition) is 3. The second kappa shape index (κ2) is 8.87. The highest BCUT2D eigenvalue weighted by atomic mass is 16.5. The Bertz CT molecular complexity index is 291. The zero-order valence-corrected chi connectivity index (χ0v) is 11.4. The Morgan fingerprint density at radius 2 is 1.95 bits per heavy atom. The van der Waals surface area contributed by atoms with Gasteiger partial charge in [0.15, 0.2) is 0 Å². The van der Waals surface area contributed by atoms with Crippen molar-refractivity contribution in [1.29, 1.82) is 0 Å². The fourth-order valence-electron chi connectivity index (χ4n) is 2.21. The van der Waals surface area contributed by atoms with Gasteiger partial charge in [0.05, 0.1) is 18.6 Å². The molecule has 6 nitrogen and oxygen atoms in total. The van der Waals surface area contributed by atoms with E-state index < -0.39 is 11.9 Å². The lowest BCUT2D eigenvalue weighted by molar-refractivity contribution is -0.126. The topological polar surface area (TPSA) is 107 Å². The van der Waals surface area contributed by atoms with E-state index in [0.717, 1.165) is 19.3 Å². The van der Waals surface area contributed by atoms with Crippen LogP contribution in [-0.2, 0) is 14.3 Å². The van der Waals surface area contributed by atoms with Crippen LogP contribution in [0.3, 0.4) is 0 Å². The van der Waals surface area contributed by atoms with Gasteiger partial charge in [0.25, 0.3) is 0 Å². The lowest BCUT2D eigenvalue weighted by Crippen LogP contribution is -2.43. The first-order chi connectivity index (χ1) is 9.09. The van der Waals surface area contributed by atoms with Crippen molar-refractivity contribution in [3.05, 3.63) is 0 Å².